The lowest BCUT2D eigenvalue weighted by molar-refractivity contribution is -0.0379. The predicted molar refractivity (Wildman–Crippen MR) is 76.1 cm³/mol. The second kappa shape index (κ2) is 6.85. The fourth-order valence-electron chi connectivity index (χ4n) is 2.33. The van der Waals surface area contributed by atoms with Crippen molar-refractivity contribution in [3.63, 3.8) is 0 Å². The van der Waals surface area contributed by atoms with E-state index in [-0.39, 0.29) is 11.9 Å². The monoisotopic (exact) mass is 307 g/mol. The third-order valence-corrected chi connectivity index (χ3v) is 3.47. The molecule has 0 spiro atoms. The third-order valence-electron chi connectivity index (χ3n) is 3.47. The van der Waals surface area contributed by atoms with Gasteiger partial charge in [-0.15, -0.1) is 0 Å². The Morgan fingerprint density at radius 2 is 2.18 bits per heavy atom. The first-order valence-corrected chi connectivity index (χ1v) is 7.23. The lowest BCUT2D eigenvalue weighted by atomic mass is 10.2. The molecular formula is C15H18FN3O3. The molecule has 1 aliphatic rings. The first-order chi connectivity index (χ1) is 10.7. The van der Waals surface area contributed by atoms with Crippen LogP contribution in [0.4, 0.5) is 4.39 Å². The van der Waals surface area contributed by atoms with E-state index in [0.717, 1.165) is 13.1 Å². The van der Waals surface area contributed by atoms with Crippen LogP contribution < -0.4 is 4.74 Å². The van der Waals surface area contributed by atoms with Crippen LogP contribution in [0, 0.1) is 12.7 Å². The van der Waals surface area contributed by atoms with Crippen molar-refractivity contribution in [2.24, 2.45) is 0 Å². The molecule has 1 aromatic carbocycles. The van der Waals surface area contributed by atoms with Crippen molar-refractivity contribution < 1.29 is 18.4 Å². The van der Waals surface area contributed by atoms with Crippen molar-refractivity contribution in [3.8, 4) is 5.75 Å². The lowest BCUT2D eigenvalue weighted by Gasteiger charge is -2.31. The summed E-state index contributed by atoms with van der Waals surface area (Å²) in [6, 6.07) is 6.02. The summed E-state index contributed by atoms with van der Waals surface area (Å²) in [4.78, 5) is 6.43. The summed E-state index contributed by atoms with van der Waals surface area (Å²) < 4.78 is 29.1. The molecule has 0 N–H and O–H groups in total. The summed E-state index contributed by atoms with van der Waals surface area (Å²) in [5.74, 6) is 1.52. The molecule has 1 aliphatic heterocycles. The smallest absolute Gasteiger partial charge is 0.223 e. The van der Waals surface area contributed by atoms with Gasteiger partial charge < -0.3 is 14.0 Å². The number of benzene rings is 1. The van der Waals surface area contributed by atoms with Crippen LogP contribution in [0.3, 0.4) is 0 Å². The molecule has 0 saturated carbocycles. The molecule has 0 radical (unpaired) electrons. The standard InChI is InChI=1S/C15H18FN3O3/c1-11-17-15(18-22-11)14-10-19(7-9-21-14)6-8-20-13-4-2-12(16)3-5-13/h2-5,14H,6-10H2,1H3/t14-/m0/s1. The number of rotatable bonds is 5. The summed E-state index contributed by atoms with van der Waals surface area (Å²) in [6.07, 6.45) is -0.169. The minimum atomic E-state index is -0.265. The van der Waals surface area contributed by atoms with Gasteiger partial charge >= 0.3 is 0 Å². The molecule has 1 aromatic heterocycles. The van der Waals surface area contributed by atoms with Crippen molar-refractivity contribution in [2.75, 3.05) is 32.8 Å². The maximum atomic E-state index is 12.8. The predicted octanol–water partition coefficient (Wildman–Crippen LogP) is 1.97. The molecule has 7 heteroatoms. The molecule has 0 bridgehead atoms. The third kappa shape index (κ3) is 3.80. The molecule has 0 unspecified atom stereocenters. The van der Waals surface area contributed by atoms with Crippen LogP contribution in [0.2, 0.25) is 0 Å². The number of aromatic nitrogens is 2. The van der Waals surface area contributed by atoms with Crippen LogP contribution in [0.1, 0.15) is 17.8 Å². The number of nitrogens with zero attached hydrogens (tertiary/aromatic N) is 3. The molecule has 2 aromatic rings. The molecule has 3 rings (SSSR count). The van der Waals surface area contributed by atoms with Gasteiger partial charge in [-0.1, -0.05) is 5.16 Å². The zero-order valence-electron chi connectivity index (χ0n) is 12.4. The topological polar surface area (TPSA) is 60.6 Å². The fraction of sp³-hybridized carbons (Fsp3) is 0.467. The molecule has 1 fully saturated rings. The Balaban J connectivity index is 1.47. The molecule has 22 heavy (non-hydrogen) atoms. The zero-order valence-corrected chi connectivity index (χ0v) is 12.4. The van der Waals surface area contributed by atoms with Crippen molar-refractivity contribution in [3.05, 3.63) is 41.8 Å². The van der Waals surface area contributed by atoms with E-state index in [1.165, 1.54) is 12.1 Å². The number of hydrogen-bond donors (Lipinski definition) is 0. The van der Waals surface area contributed by atoms with Crippen LogP contribution in [-0.2, 0) is 4.74 Å². The Kier molecular flexibility index (Phi) is 4.65. The normalized spacial score (nSPS) is 19.3. The second-order valence-corrected chi connectivity index (χ2v) is 5.13. The molecular weight excluding hydrogens is 289 g/mol. The minimum absolute atomic E-state index is 0.169. The van der Waals surface area contributed by atoms with Gasteiger partial charge in [-0.3, -0.25) is 4.90 Å². The van der Waals surface area contributed by atoms with E-state index < -0.39 is 0 Å². The van der Waals surface area contributed by atoms with Gasteiger partial charge in [-0.05, 0) is 24.3 Å². The average molecular weight is 307 g/mol. The Morgan fingerprint density at radius 3 is 2.91 bits per heavy atom. The van der Waals surface area contributed by atoms with Crippen LogP contribution >= 0.6 is 0 Å². The zero-order chi connectivity index (χ0) is 15.4. The molecule has 1 saturated heterocycles. The number of morpholine rings is 1. The number of ether oxygens (including phenoxy) is 2. The summed E-state index contributed by atoms with van der Waals surface area (Å²) >= 11 is 0. The van der Waals surface area contributed by atoms with Gasteiger partial charge in [0.15, 0.2) is 0 Å². The first kappa shape index (κ1) is 14.9. The van der Waals surface area contributed by atoms with Crippen molar-refractivity contribution in [2.45, 2.75) is 13.0 Å². The Labute approximate surface area is 127 Å². The van der Waals surface area contributed by atoms with E-state index in [1.807, 2.05) is 0 Å². The average Bonchev–Trinajstić information content (AvgIpc) is 2.96. The maximum absolute atomic E-state index is 12.8. The van der Waals surface area contributed by atoms with Crippen molar-refractivity contribution in [1.82, 2.24) is 15.0 Å². The number of aryl methyl sites for hydroxylation is 1. The Morgan fingerprint density at radius 1 is 1.36 bits per heavy atom. The summed E-state index contributed by atoms with van der Waals surface area (Å²) in [5.41, 5.74) is 0. The highest BCUT2D eigenvalue weighted by molar-refractivity contribution is 5.21. The maximum Gasteiger partial charge on any atom is 0.223 e. The summed E-state index contributed by atoms with van der Waals surface area (Å²) in [5, 5.41) is 3.91. The molecule has 1 atom stereocenters. The van der Waals surface area contributed by atoms with Gasteiger partial charge in [0.1, 0.15) is 24.3 Å². The number of hydrogen-bond acceptors (Lipinski definition) is 6. The highest BCUT2D eigenvalue weighted by atomic mass is 19.1. The molecule has 118 valence electrons. The largest absolute Gasteiger partial charge is 0.492 e. The van der Waals surface area contributed by atoms with E-state index in [9.17, 15) is 4.39 Å². The highest BCUT2D eigenvalue weighted by Gasteiger charge is 2.25. The lowest BCUT2D eigenvalue weighted by Crippen LogP contribution is -2.40. The van der Waals surface area contributed by atoms with E-state index in [4.69, 9.17) is 14.0 Å². The second-order valence-electron chi connectivity index (χ2n) is 5.13. The van der Waals surface area contributed by atoms with Crippen LogP contribution in [0.25, 0.3) is 0 Å². The molecule has 6 nitrogen and oxygen atoms in total. The van der Waals surface area contributed by atoms with Gasteiger partial charge in [-0.25, -0.2) is 4.39 Å². The molecule has 0 aliphatic carbocycles. The van der Waals surface area contributed by atoms with Gasteiger partial charge in [0.2, 0.25) is 11.7 Å². The van der Waals surface area contributed by atoms with Gasteiger partial charge in [0.25, 0.3) is 0 Å². The van der Waals surface area contributed by atoms with E-state index in [1.54, 1.807) is 19.1 Å². The summed E-state index contributed by atoms with van der Waals surface area (Å²) in [7, 11) is 0. The Bertz CT molecular complexity index is 602. The number of halogens is 1. The quantitative estimate of drug-likeness (QED) is 0.841. The van der Waals surface area contributed by atoms with Crippen LogP contribution in [0.5, 0.6) is 5.75 Å². The van der Waals surface area contributed by atoms with Crippen molar-refractivity contribution in [1.29, 1.82) is 0 Å². The SMILES string of the molecule is Cc1nc([C@@H]2CN(CCOc3ccc(F)cc3)CCO2)no1. The van der Waals surface area contributed by atoms with E-state index in [0.29, 0.717) is 37.2 Å². The first-order valence-electron chi connectivity index (χ1n) is 7.23. The minimum Gasteiger partial charge on any atom is -0.492 e. The van der Waals surface area contributed by atoms with E-state index >= 15 is 0 Å². The van der Waals surface area contributed by atoms with Crippen LogP contribution in [-0.4, -0.2) is 47.9 Å². The molecule has 2 heterocycles. The highest BCUT2D eigenvalue weighted by Crippen LogP contribution is 2.19. The van der Waals surface area contributed by atoms with Crippen molar-refractivity contribution >= 4 is 0 Å². The van der Waals surface area contributed by atoms with Gasteiger partial charge in [0.05, 0.1) is 6.61 Å². The van der Waals surface area contributed by atoms with Gasteiger partial charge in [0, 0.05) is 26.6 Å². The fourth-order valence-corrected chi connectivity index (χ4v) is 2.33. The molecule has 0 amide bonds. The van der Waals surface area contributed by atoms with E-state index in [2.05, 4.69) is 15.0 Å². The Hall–Kier alpha value is -1.99. The summed E-state index contributed by atoms with van der Waals surface area (Å²) in [6.45, 7) is 5.20. The van der Waals surface area contributed by atoms with Gasteiger partial charge in [-0.2, -0.15) is 4.98 Å². The van der Waals surface area contributed by atoms with Crippen LogP contribution in [0.15, 0.2) is 28.8 Å².